The number of halogens is 1. The number of hydrogen-bond donors (Lipinski definition) is 2. The number of rotatable bonds is 3. The predicted molar refractivity (Wildman–Crippen MR) is 104 cm³/mol. The van der Waals surface area contributed by atoms with Crippen LogP contribution in [0, 0.1) is 0 Å². The molecule has 0 aliphatic rings. The maximum atomic E-state index is 13.1. The second-order valence-corrected chi connectivity index (χ2v) is 7.51. The van der Waals surface area contributed by atoms with Crippen LogP contribution in [0.4, 0.5) is 5.69 Å². The van der Waals surface area contributed by atoms with E-state index >= 15 is 0 Å². The molecule has 3 aromatic rings. The summed E-state index contributed by atoms with van der Waals surface area (Å²) in [5.74, 6) is -0.280. The van der Waals surface area contributed by atoms with Crippen LogP contribution in [-0.4, -0.2) is 16.4 Å². The second kappa shape index (κ2) is 6.41. The Bertz CT molecular complexity index is 941. The van der Waals surface area contributed by atoms with Crippen LogP contribution in [0.5, 0.6) is 5.75 Å². The summed E-state index contributed by atoms with van der Waals surface area (Å²) < 4.78 is 0. The summed E-state index contributed by atoms with van der Waals surface area (Å²) in [6, 6.07) is 16.0. The van der Waals surface area contributed by atoms with Gasteiger partial charge in [0.05, 0.1) is 11.3 Å². The summed E-state index contributed by atoms with van der Waals surface area (Å²) in [4.78, 5) is 13.1. The minimum absolute atomic E-state index is 0.0367. The van der Waals surface area contributed by atoms with Crippen LogP contribution in [0.3, 0.4) is 0 Å². The first-order valence-corrected chi connectivity index (χ1v) is 8.47. The van der Waals surface area contributed by atoms with Crippen molar-refractivity contribution < 1.29 is 9.90 Å². The van der Waals surface area contributed by atoms with Gasteiger partial charge in [-0.2, -0.15) is 0 Å². The molecule has 0 radical (unpaired) electrons. The molecular weight excluding hydrogens is 334 g/mol. The van der Waals surface area contributed by atoms with Crippen molar-refractivity contribution in [1.82, 2.24) is 0 Å². The average molecular weight is 354 g/mol. The second-order valence-electron chi connectivity index (χ2n) is 7.08. The summed E-state index contributed by atoms with van der Waals surface area (Å²) in [5, 5.41) is 16.3. The van der Waals surface area contributed by atoms with E-state index in [9.17, 15) is 9.90 Å². The highest BCUT2D eigenvalue weighted by Crippen LogP contribution is 2.37. The quantitative estimate of drug-likeness (QED) is 0.599. The molecule has 3 rings (SSSR count). The summed E-state index contributed by atoms with van der Waals surface area (Å²) in [5.41, 5.74) is 1.12. The summed E-state index contributed by atoms with van der Waals surface area (Å²) >= 11 is 5.92. The number of carbonyl (C=O) groups is 1. The molecule has 3 aromatic carbocycles. The largest absolute Gasteiger partial charge is 0.507 e. The van der Waals surface area contributed by atoms with Gasteiger partial charge in [-0.1, -0.05) is 35.9 Å². The number of phenolic OH excluding ortho intramolecular Hbond substituents is 1. The fraction of sp³-hybridized carbons (Fsp3) is 0.190. The molecule has 0 aromatic heterocycles. The van der Waals surface area contributed by atoms with E-state index < -0.39 is 0 Å². The van der Waals surface area contributed by atoms with Gasteiger partial charge in [0.2, 0.25) is 0 Å². The molecular formula is C21H20ClNO2. The number of anilines is 1. The molecule has 4 heteroatoms. The Morgan fingerprint density at radius 1 is 1.04 bits per heavy atom. The van der Waals surface area contributed by atoms with Crippen molar-refractivity contribution >= 4 is 33.8 Å². The molecule has 0 heterocycles. The molecule has 0 bridgehead atoms. The van der Waals surface area contributed by atoms with E-state index in [0.29, 0.717) is 16.3 Å². The molecule has 0 fully saturated rings. The van der Waals surface area contributed by atoms with Gasteiger partial charge in [-0.3, -0.25) is 4.79 Å². The van der Waals surface area contributed by atoms with Crippen molar-refractivity contribution in [3.05, 3.63) is 70.7 Å². The zero-order chi connectivity index (χ0) is 18.2. The van der Waals surface area contributed by atoms with Crippen molar-refractivity contribution in [3.63, 3.8) is 0 Å². The van der Waals surface area contributed by atoms with Gasteiger partial charge in [-0.15, -0.1) is 0 Å². The summed E-state index contributed by atoms with van der Waals surface area (Å²) in [7, 11) is 0. The summed E-state index contributed by atoms with van der Waals surface area (Å²) in [6.45, 7) is 6.05. The SMILES string of the molecule is CC(C)(C)Nc1c(C(=O)c2ccc(Cl)cc2)c(O)cc2ccccc12. The van der Waals surface area contributed by atoms with Crippen molar-refractivity contribution in [2.45, 2.75) is 26.3 Å². The number of carbonyl (C=O) groups excluding carboxylic acids is 1. The van der Waals surface area contributed by atoms with Crippen molar-refractivity contribution in [2.75, 3.05) is 5.32 Å². The Balaban J connectivity index is 2.25. The summed E-state index contributed by atoms with van der Waals surface area (Å²) in [6.07, 6.45) is 0. The highest BCUT2D eigenvalue weighted by Gasteiger charge is 2.23. The van der Waals surface area contributed by atoms with Gasteiger partial charge in [-0.05, 0) is 56.5 Å². The van der Waals surface area contributed by atoms with E-state index in [1.54, 1.807) is 30.3 Å². The Morgan fingerprint density at radius 2 is 1.68 bits per heavy atom. The van der Waals surface area contributed by atoms with Crippen LogP contribution in [0.15, 0.2) is 54.6 Å². The van der Waals surface area contributed by atoms with Gasteiger partial charge in [0.25, 0.3) is 0 Å². The number of hydrogen-bond acceptors (Lipinski definition) is 3. The number of fused-ring (bicyclic) bond motifs is 1. The monoisotopic (exact) mass is 353 g/mol. The smallest absolute Gasteiger partial charge is 0.198 e. The number of phenols is 1. The van der Waals surface area contributed by atoms with E-state index in [4.69, 9.17) is 11.6 Å². The molecule has 0 aliphatic carbocycles. The third-order valence-electron chi connectivity index (χ3n) is 3.86. The lowest BCUT2D eigenvalue weighted by molar-refractivity contribution is 0.103. The number of aromatic hydroxyl groups is 1. The first kappa shape index (κ1) is 17.3. The third-order valence-corrected chi connectivity index (χ3v) is 4.11. The highest BCUT2D eigenvalue weighted by molar-refractivity contribution is 6.30. The van der Waals surface area contributed by atoms with Gasteiger partial charge in [0.15, 0.2) is 5.78 Å². The first-order chi connectivity index (χ1) is 11.8. The zero-order valence-electron chi connectivity index (χ0n) is 14.4. The van der Waals surface area contributed by atoms with E-state index in [0.717, 1.165) is 10.8 Å². The van der Waals surface area contributed by atoms with Gasteiger partial charge in [0.1, 0.15) is 5.75 Å². The van der Waals surface area contributed by atoms with Gasteiger partial charge in [0, 0.05) is 21.5 Å². The van der Waals surface area contributed by atoms with E-state index in [1.807, 2.05) is 45.0 Å². The van der Waals surface area contributed by atoms with Crippen LogP contribution >= 0.6 is 11.6 Å². The normalized spacial score (nSPS) is 11.5. The first-order valence-electron chi connectivity index (χ1n) is 8.09. The standard InChI is InChI=1S/C21H20ClNO2/c1-21(2,3)23-19-16-7-5-4-6-14(16)12-17(24)18(19)20(25)13-8-10-15(22)11-9-13/h4-12,23-24H,1-3H3. The minimum Gasteiger partial charge on any atom is -0.507 e. The van der Waals surface area contributed by atoms with E-state index in [2.05, 4.69) is 5.32 Å². The maximum absolute atomic E-state index is 13.1. The van der Waals surface area contributed by atoms with E-state index in [1.165, 1.54) is 0 Å². The Morgan fingerprint density at radius 3 is 2.32 bits per heavy atom. The average Bonchev–Trinajstić information content (AvgIpc) is 2.53. The molecule has 25 heavy (non-hydrogen) atoms. The lowest BCUT2D eigenvalue weighted by Crippen LogP contribution is -2.27. The molecule has 0 saturated carbocycles. The fourth-order valence-electron chi connectivity index (χ4n) is 2.81. The fourth-order valence-corrected chi connectivity index (χ4v) is 2.94. The van der Waals surface area contributed by atoms with Crippen LogP contribution in [0.1, 0.15) is 36.7 Å². The van der Waals surface area contributed by atoms with Gasteiger partial charge >= 0.3 is 0 Å². The molecule has 128 valence electrons. The van der Waals surface area contributed by atoms with Crippen molar-refractivity contribution in [2.24, 2.45) is 0 Å². The predicted octanol–water partition coefficient (Wildman–Crippen LogP) is 5.64. The van der Waals surface area contributed by atoms with E-state index in [-0.39, 0.29) is 22.6 Å². The Hall–Kier alpha value is -2.52. The van der Waals surface area contributed by atoms with Crippen LogP contribution < -0.4 is 5.32 Å². The van der Waals surface area contributed by atoms with Crippen LogP contribution in [0.2, 0.25) is 5.02 Å². The molecule has 2 N–H and O–H groups in total. The third kappa shape index (κ3) is 3.62. The molecule has 0 atom stereocenters. The van der Waals surface area contributed by atoms with Crippen molar-refractivity contribution in [3.8, 4) is 5.75 Å². The topological polar surface area (TPSA) is 49.3 Å². The number of ketones is 1. The molecule has 0 unspecified atom stereocenters. The number of nitrogens with one attached hydrogen (secondary N) is 1. The molecule has 0 amide bonds. The lowest BCUT2D eigenvalue weighted by Gasteiger charge is -2.26. The van der Waals surface area contributed by atoms with Gasteiger partial charge in [-0.25, -0.2) is 0 Å². The van der Waals surface area contributed by atoms with Gasteiger partial charge < -0.3 is 10.4 Å². The Labute approximate surface area is 152 Å². The lowest BCUT2D eigenvalue weighted by atomic mass is 9.94. The molecule has 0 spiro atoms. The Kier molecular flexibility index (Phi) is 4.44. The maximum Gasteiger partial charge on any atom is 0.198 e. The van der Waals surface area contributed by atoms with Crippen LogP contribution in [-0.2, 0) is 0 Å². The van der Waals surface area contributed by atoms with Crippen molar-refractivity contribution in [1.29, 1.82) is 0 Å². The molecule has 0 saturated heterocycles. The molecule has 3 nitrogen and oxygen atoms in total. The number of benzene rings is 3. The van der Waals surface area contributed by atoms with Crippen LogP contribution in [0.25, 0.3) is 10.8 Å². The highest BCUT2D eigenvalue weighted by atomic mass is 35.5. The molecule has 0 aliphatic heterocycles. The zero-order valence-corrected chi connectivity index (χ0v) is 15.2. The minimum atomic E-state index is -0.272.